The highest BCUT2D eigenvalue weighted by atomic mass is 19.1. The van der Waals surface area contributed by atoms with Crippen molar-refractivity contribution < 1.29 is 18.3 Å². The van der Waals surface area contributed by atoms with Crippen molar-refractivity contribution >= 4 is 45.4 Å². The molecule has 0 spiro atoms. The number of carbonyl (C=O) groups is 1. The third-order valence-electron chi connectivity index (χ3n) is 7.05. The molecule has 0 saturated carbocycles. The highest BCUT2D eigenvalue weighted by molar-refractivity contribution is 5.91. The first-order valence-electron chi connectivity index (χ1n) is 13.1. The van der Waals surface area contributed by atoms with Crippen molar-refractivity contribution in [2.24, 2.45) is 7.05 Å². The van der Waals surface area contributed by atoms with E-state index in [1.807, 2.05) is 50.4 Å². The van der Waals surface area contributed by atoms with Gasteiger partial charge in [0.25, 0.3) is 5.91 Å². The molecule has 6 rings (SSSR count). The van der Waals surface area contributed by atoms with E-state index < -0.39 is 24.5 Å². The summed E-state index contributed by atoms with van der Waals surface area (Å²) in [5, 5.41) is 11.5. The standard InChI is InChI=1S/C28H26F2N10O2/c1-16-10-18(4-7-24(16)42-20-5-6-23-21(11-20)36-37-38(23)3)34-26-25-22(32-15-33-26)13-31-28(35-25)39-8-9-40(19(12-29)14-39)27(41)17(2)30/h4-7,10-11,13,15,19H,2,8-9,12,14H2,1,3H3,(H,32,33,34). The van der Waals surface area contributed by atoms with Gasteiger partial charge in [0.05, 0.1) is 17.8 Å². The van der Waals surface area contributed by atoms with E-state index in [-0.39, 0.29) is 13.1 Å². The second kappa shape index (κ2) is 11.0. The molecular formula is C28H26F2N10O2. The molecule has 42 heavy (non-hydrogen) atoms. The smallest absolute Gasteiger partial charge is 0.282 e. The van der Waals surface area contributed by atoms with E-state index in [2.05, 4.69) is 42.1 Å². The number of halogens is 2. The van der Waals surface area contributed by atoms with Crippen LogP contribution in [0.3, 0.4) is 0 Å². The van der Waals surface area contributed by atoms with Crippen LogP contribution in [0, 0.1) is 6.92 Å². The highest BCUT2D eigenvalue weighted by Gasteiger charge is 2.33. The number of ether oxygens (including phenoxy) is 1. The number of alkyl halides is 1. The fraction of sp³-hybridized carbons (Fsp3) is 0.250. The Morgan fingerprint density at radius 1 is 1.14 bits per heavy atom. The fourth-order valence-electron chi connectivity index (χ4n) is 4.87. The maximum absolute atomic E-state index is 13.8. The number of nitrogens with one attached hydrogen (secondary N) is 1. The molecule has 1 aliphatic heterocycles. The lowest BCUT2D eigenvalue weighted by Gasteiger charge is -2.39. The van der Waals surface area contributed by atoms with E-state index in [9.17, 15) is 13.6 Å². The minimum absolute atomic E-state index is 0.0991. The zero-order valence-electron chi connectivity index (χ0n) is 22.8. The number of aryl methyl sites for hydroxylation is 2. The second-order valence-corrected chi connectivity index (χ2v) is 9.85. The molecule has 0 aliphatic carbocycles. The Morgan fingerprint density at radius 2 is 2.00 bits per heavy atom. The summed E-state index contributed by atoms with van der Waals surface area (Å²) in [6, 6.07) is 10.4. The van der Waals surface area contributed by atoms with Crippen LogP contribution in [0.5, 0.6) is 11.5 Å². The third kappa shape index (κ3) is 5.13. The Balaban J connectivity index is 1.21. The predicted molar refractivity (Wildman–Crippen MR) is 152 cm³/mol. The van der Waals surface area contributed by atoms with Crippen LogP contribution in [-0.2, 0) is 11.8 Å². The first kappa shape index (κ1) is 26.9. The molecule has 0 radical (unpaired) electrons. The monoisotopic (exact) mass is 572 g/mol. The molecule has 0 bridgehead atoms. The van der Waals surface area contributed by atoms with Crippen LogP contribution in [0.2, 0.25) is 0 Å². The van der Waals surface area contributed by atoms with Crippen molar-refractivity contribution in [2.45, 2.75) is 13.0 Å². The van der Waals surface area contributed by atoms with Crippen molar-refractivity contribution in [1.82, 2.24) is 39.8 Å². The van der Waals surface area contributed by atoms with Crippen molar-refractivity contribution in [1.29, 1.82) is 0 Å². The van der Waals surface area contributed by atoms with Crippen LogP contribution in [0.25, 0.3) is 22.1 Å². The van der Waals surface area contributed by atoms with Gasteiger partial charge in [-0.3, -0.25) is 4.79 Å². The Hall–Kier alpha value is -5.27. The number of aromatic nitrogens is 7. The normalized spacial score (nSPS) is 15.3. The van der Waals surface area contributed by atoms with Gasteiger partial charge in [0.2, 0.25) is 5.95 Å². The average Bonchev–Trinajstić information content (AvgIpc) is 3.37. The molecule has 1 amide bonds. The summed E-state index contributed by atoms with van der Waals surface area (Å²) >= 11 is 0. The molecule has 5 aromatic rings. The van der Waals surface area contributed by atoms with Crippen LogP contribution < -0.4 is 15.0 Å². The minimum Gasteiger partial charge on any atom is -0.457 e. The van der Waals surface area contributed by atoms with Crippen LogP contribution in [0.15, 0.2) is 61.3 Å². The van der Waals surface area contributed by atoms with Gasteiger partial charge >= 0.3 is 0 Å². The molecule has 14 heteroatoms. The number of anilines is 3. The summed E-state index contributed by atoms with van der Waals surface area (Å²) < 4.78 is 35.0. The number of fused-ring (bicyclic) bond motifs is 2. The van der Waals surface area contributed by atoms with Crippen LogP contribution in [0.1, 0.15) is 5.56 Å². The highest BCUT2D eigenvalue weighted by Crippen LogP contribution is 2.31. The maximum atomic E-state index is 13.8. The SMILES string of the molecule is C=C(F)C(=O)N1CCN(c2ncc3ncnc(Nc4ccc(Oc5ccc6c(c5)nnn6C)c(C)c4)c3n2)CC1CF. The van der Waals surface area contributed by atoms with Crippen molar-refractivity contribution in [3.05, 3.63) is 66.9 Å². The number of hydrogen-bond donors (Lipinski definition) is 1. The maximum Gasteiger partial charge on any atom is 0.282 e. The van der Waals surface area contributed by atoms with Gasteiger partial charge in [-0.25, -0.2) is 33.4 Å². The molecule has 4 heterocycles. The first-order chi connectivity index (χ1) is 20.3. The quantitative estimate of drug-likeness (QED) is 0.286. The van der Waals surface area contributed by atoms with Gasteiger partial charge in [-0.15, -0.1) is 5.10 Å². The number of nitrogens with zero attached hydrogens (tertiary/aromatic N) is 9. The van der Waals surface area contributed by atoms with E-state index in [4.69, 9.17) is 4.74 Å². The number of carbonyl (C=O) groups excluding carboxylic acids is 1. The molecule has 1 unspecified atom stereocenters. The Bertz CT molecular complexity index is 1830. The summed E-state index contributed by atoms with van der Waals surface area (Å²) in [7, 11) is 1.83. The lowest BCUT2D eigenvalue weighted by atomic mass is 10.2. The van der Waals surface area contributed by atoms with E-state index in [1.165, 1.54) is 6.33 Å². The summed E-state index contributed by atoms with van der Waals surface area (Å²) in [6.45, 7) is 4.63. The number of benzene rings is 2. The Kier molecular flexibility index (Phi) is 7.02. The van der Waals surface area contributed by atoms with E-state index in [0.717, 1.165) is 27.2 Å². The van der Waals surface area contributed by atoms with Crippen molar-refractivity contribution in [2.75, 3.05) is 36.5 Å². The molecular weight excluding hydrogens is 546 g/mol. The van der Waals surface area contributed by atoms with Gasteiger partial charge in [0, 0.05) is 38.4 Å². The molecule has 1 saturated heterocycles. The number of hydrogen-bond acceptors (Lipinski definition) is 10. The molecule has 3 aromatic heterocycles. The molecule has 2 aromatic carbocycles. The zero-order valence-corrected chi connectivity index (χ0v) is 22.8. The van der Waals surface area contributed by atoms with Gasteiger partial charge < -0.3 is 19.9 Å². The summed E-state index contributed by atoms with van der Waals surface area (Å²) in [5.74, 6) is 0.0781. The average molecular weight is 573 g/mol. The Morgan fingerprint density at radius 3 is 2.79 bits per heavy atom. The summed E-state index contributed by atoms with van der Waals surface area (Å²) in [4.78, 5) is 32.7. The fourth-order valence-corrected chi connectivity index (χ4v) is 4.87. The Labute approximate surface area is 238 Å². The van der Waals surface area contributed by atoms with Crippen LogP contribution in [-0.4, -0.2) is 78.1 Å². The van der Waals surface area contributed by atoms with E-state index >= 15 is 0 Å². The van der Waals surface area contributed by atoms with E-state index in [1.54, 1.807) is 15.8 Å². The van der Waals surface area contributed by atoms with Gasteiger partial charge in [0.15, 0.2) is 11.6 Å². The summed E-state index contributed by atoms with van der Waals surface area (Å²) in [5.41, 5.74) is 4.26. The van der Waals surface area contributed by atoms with Gasteiger partial charge in [-0.05, 0) is 42.8 Å². The molecule has 1 N–H and O–H groups in total. The molecule has 1 atom stereocenters. The number of amides is 1. The lowest BCUT2D eigenvalue weighted by molar-refractivity contribution is -0.131. The topological polar surface area (TPSA) is 127 Å². The molecule has 12 nitrogen and oxygen atoms in total. The minimum atomic E-state index is -1.12. The molecule has 1 aliphatic rings. The lowest BCUT2D eigenvalue weighted by Crippen LogP contribution is -2.56. The van der Waals surface area contributed by atoms with Crippen molar-refractivity contribution in [3.8, 4) is 11.5 Å². The van der Waals surface area contributed by atoms with Gasteiger partial charge in [-0.2, -0.15) is 0 Å². The van der Waals surface area contributed by atoms with Crippen molar-refractivity contribution in [3.63, 3.8) is 0 Å². The molecule has 1 fully saturated rings. The second-order valence-electron chi connectivity index (χ2n) is 9.85. The number of piperazine rings is 1. The third-order valence-corrected chi connectivity index (χ3v) is 7.05. The summed E-state index contributed by atoms with van der Waals surface area (Å²) in [6.07, 6.45) is 2.97. The van der Waals surface area contributed by atoms with Crippen LogP contribution in [0.4, 0.5) is 26.2 Å². The largest absolute Gasteiger partial charge is 0.457 e. The first-order valence-corrected chi connectivity index (χ1v) is 13.1. The van der Waals surface area contributed by atoms with Gasteiger partial charge in [-0.1, -0.05) is 11.8 Å². The zero-order chi connectivity index (χ0) is 29.4. The predicted octanol–water partition coefficient (Wildman–Crippen LogP) is 4.02. The van der Waals surface area contributed by atoms with Gasteiger partial charge in [0.1, 0.15) is 41.1 Å². The number of rotatable bonds is 7. The van der Waals surface area contributed by atoms with E-state index in [0.29, 0.717) is 40.8 Å². The van der Waals surface area contributed by atoms with Crippen LogP contribution >= 0.6 is 0 Å². The molecule has 214 valence electrons.